The van der Waals surface area contributed by atoms with E-state index in [1.54, 1.807) is 27.7 Å². The summed E-state index contributed by atoms with van der Waals surface area (Å²) in [4.78, 5) is 22.3. The van der Waals surface area contributed by atoms with Gasteiger partial charge >= 0.3 is 12.3 Å². The van der Waals surface area contributed by atoms with E-state index in [2.05, 4.69) is 9.97 Å². The summed E-state index contributed by atoms with van der Waals surface area (Å²) >= 11 is 5.67. The van der Waals surface area contributed by atoms with Gasteiger partial charge in [-0.2, -0.15) is 18.2 Å². The summed E-state index contributed by atoms with van der Waals surface area (Å²) in [5.41, 5.74) is -1.59. The SMILES string of the molecule is C[C@H]1CN(c2nc(Cl)ncc2C(F)(F)F)CCN1C(=O)OC(C)(C)C. The normalized spacial score (nSPS) is 19.1. The summed E-state index contributed by atoms with van der Waals surface area (Å²) in [5.74, 6) is -0.275. The third-order valence-corrected chi connectivity index (χ3v) is 3.78. The zero-order valence-electron chi connectivity index (χ0n) is 14.4. The van der Waals surface area contributed by atoms with E-state index < -0.39 is 23.4 Å². The average Bonchev–Trinajstić information content (AvgIpc) is 2.43. The lowest BCUT2D eigenvalue weighted by Gasteiger charge is -2.41. The predicted octanol–water partition coefficient (Wildman–Crippen LogP) is 3.59. The zero-order chi connectivity index (χ0) is 19.0. The number of halogens is 4. The van der Waals surface area contributed by atoms with Gasteiger partial charge in [0.05, 0.1) is 0 Å². The fourth-order valence-corrected chi connectivity index (χ4v) is 2.66. The van der Waals surface area contributed by atoms with Crippen LogP contribution >= 0.6 is 11.6 Å². The number of carbonyl (C=O) groups excluding carboxylic acids is 1. The van der Waals surface area contributed by atoms with Gasteiger partial charge in [0.15, 0.2) is 0 Å². The molecule has 10 heteroatoms. The van der Waals surface area contributed by atoms with Crippen LogP contribution in [0.5, 0.6) is 0 Å². The molecule has 0 spiro atoms. The fraction of sp³-hybridized carbons (Fsp3) is 0.667. The molecule has 2 rings (SSSR count). The van der Waals surface area contributed by atoms with E-state index in [1.807, 2.05) is 0 Å². The number of alkyl halides is 3. The molecule has 1 saturated heterocycles. The van der Waals surface area contributed by atoms with Gasteiger partial charge in [0.25, 0.3) is 0 Å². The quantitative estimate of drug-likeness (QED) is 0.697. The van der Waals surface area contributed by atoms with Gasteiger partial charge in [-0.05, 0) is 39.3 Å². The van der Waals surface area contributed by atoms with Crippen molar-refractivity contribution in [1.82, 2.24) is 14.9 Å². The molecule has 0 unspecified atom stereocenters. The number of piperazine rings is 1. The highest BCUT2D eigenvalue weighted by Crippen LogP contribution is 2.36. The number of hydrogen-bond donors (Lipinski definition) is 0. The summed E-state index contributed by atoms with van der Waals surface area (Å²) in [7, 11) is 0. The van der Waals surface area contributed by atoms with Crippen molar-refractivity contribution in [3.63, 3.8) is 0 Å². The van der Waals surface area contributed by atoms with Gasteiger partial charge < -0.3 is 14.5 Å². The van der Waals surface area contributed by atoms with Crippen LogP contribution < -0.4 is 4.90 Å². The van der Waals surface area contributed by atoms with Crippen LogP contribution in [0.3, 0.4) is 0 Å². The van der Waals surface area contributed by atoms with Crippen molar-refractivity contribution in [2.24, 2.45) is 0 Å². The monoisotopic (exact) mass is 380 g/mol. The topological polar surface area (TPSA) is 58.6 Å². The van der Waals surface area contributed by atoms with E-state index in [4.69, 9.17) is 16.3 Å². The van der Waals surface area contributed by atoms with E-state index in [-0.39, 0.29) is 36.8 Å². The molecule has 140 valence electrons. The highest BCUT2D eigenvalue weighted by Gasteiger charge is 2.39. The third kappa shape index (κ3) is 4.87. The maximum atomic E-state index is 13.2. The predicted molar refractivity (Wildman–Crippen MR) is 86.7 cm³/mol. The number of ether oxygens (including phenoxy) is 1. The summed E-state index contributed by atoms with van der Waals surface area (Å²) < 4.78 is 44.9. The Balaban J connectivity index is 2.19. The highest BCUT2D eigenvalue weighted by molar-refractivity contribution is 6.28. The van der Waals surface area contributed by atoms with Crippen LogP contribution in [0.2, 0.25) is 5.28 Å². The Morgan fingerprint density at radius 1 is 1.32 bits per heavy atom. The molecule has 2 heterocycles. The van der Waals surface area contributed by atoms with E-state index in [0.29, 0.717) is 6.20 Å². The van der Waals surface area contributed by atoms with Crippen LogP contribution in [0.4, 0.5) is 23.8 Å². The zero-order valence-corrected chi connectivity index (χ0v) is 15.1. The molecule has 1 atom stereocenters. The Hall–Kier alpha value is -1.77. The molecule has 1 amide bonds. The van der Waals surface area contributed by atoms with Crippen molar-refractivity contribution in [3.8, 4) is 0 Å². The average molecular weight is 381 g/mol. The first-order chi connectivity index (χ1) is 11.4. The van der Waals surface area contributed by atoms with Gasteiger partial charge in [0.2, 0.25) is 5.28 Å². The Kier molecular flexibility index (Phi) is 5.36. The van der Waals surface area contributed by atoms with Crippen molar-refractivity contribution in [2.45, 2.75) is 45.5 Å². The number of anilines is 1. The lowest BCUT2D eigenvalue weighted by molar-refractivity contribution is -0.137. The van der Waals surface area contributed by atoms with Crippen LogP contribution in [0.15, 0.2) is 6.20 Å². The van der Waals surface area contributed by atoms with E-state index in [1.165, 1.54) is 9.80 Å². The van der Waals surface area contributed by atoms with Crippen molar-refractivity contribution >= 4 is 23.5 Å². The summed E-state index contributed by atoms with van der Waals surface area (Å²) in [6.45, 7) is 7.58. The minimum Gasteiger partial charge on any atom is -0.444 e. The summed E-state index contributed by atoms with van der Waals surface area (Å²) in [6, 6.07) is -0.349. The fourth-order valence-electron chi connectivity index (χ4n) is 2.53. The molecule has 0 radical (unpaired) electrons. The molecule has 1 aliphatic rings. The number of carbonyl (C=O) groups is 1. The molecule has 6 nitrogen and oxygen atoms in total. The van der Waals surface area contributed by atoms with Crippen molar-refractivity contribution in [3.05, 3.63) is 17.0 Å². The molecular formula is C15H20ClF3N4O2. The molecule has 1 aromatic heterocycles. The third-order valence-electron chi connectivity index (χ3n) is 3.60. The first-order valence-corrected chi connectivity index (χ1v) is 8.10. The number of amides is 1. The van der Waals surface area contributed by atoms with Crippen molar-refractivity contribution in [2.75, 3.05) is 24.5 Å². The Bertz CT molecular complexity index is 649. The second kappa shape index (κ2) is 6.86. The number of nitrogens with zero attached hydrogens (tertiary/aromatic N) is 4. The number of hydrogen-bond acceptors (Lipinski definition) is 5. The highest BCUT2D eigenvalue weighted by atomic mass is 35.5. The van der Waals surface area contributed by atoms with E-state index >= 15 is 0 Å². The van der Waals surface area contributed by atoms with Crippen LogP contribution in [0.1, 0.15) is 33.3 Å². The molecule has 0 aromatic carbocycles. The lowest BCUT2D eigenvalue weighted by atomic mass is 10.1. The van der Waals surface area contributed by atoms with Gasteiger partial charge in [0.1, 0.15) is 17.0 Å². The second-order valence-corrected chi connectivity index (χ2v) is 7.18. The Morgan fingerprint density at radius 3 is 2.48 bits per heavy atom. The summed E-state index contributed by atoms with van der Waals surface area (Å²) in [6.07, 6.45) is -4.41. The maximum absolute atomic E-state index is 13.2. The van der Waals surface area contributed by atoms with Crippen LogP contribution in [-0.2, 0) is 10.9 Å². The maximum Gasteiger partial charge on any atom is 0.421 e. The molecule has 1 fully saturated rings. The lowest BCUT2D eigenvalue weighted by Crippen LogP contribution is -2.55. The minimum absolute atomic E-state index is 0.176. The first-order valence-electron chi connectivity index (χ1n) is 7.73. The number of rotatable bonds is 1. The van der Waals surface area contributed by atoms with Gasteiger partial charge in [-0.1, -0.05) is 0 Å². The van der Waals surface area contributed by atoms with Crippen LogP contribution in [0, 0.1) is 0 Å². The van der Waals surface area contributed by atoms with Gasteiger partial charge in [-0.3, -0.25) is 0 Å². The van der Waals surface area contributed by atoms with Crippen molar-refractivity contribution in [1.29, 1.82) is 0 Å². The van der Waals surface area contributed by atoms with Crippen LogP contribution in [-0.4, -0.2) is 52.2 Å². The molecular weight excluding hydrogens is 361 g/mol. The van der Waals surface area contributed by atoms with Gasteiger partial charge in [-0.25, -0.2) is 9.78 Å². The second-order valence-electron chi connectivity index (χ2n) is 6.84. The number of aromatic nitrogens is 2. The Morgan fingerprint density at radius 2 is 1.96 bits per heavy atom. The smallest absolute Gasteiger partial charge is 0.421 e. The van der Waals surface area contributed by atoms with Gasteiger partial charge in [-0.15, -0.1) is 0 Å². The minimum atomic E-state index is -4.59. The molecule has 1 aliphatic heterocycles. The Labute approximate surface area is 148 Å². The van der Waals surface area contributed by atoms with E-state index in [9.17, 15) is 18.0 Å². The molecule has 0 saturated carbocycles. The standard InChI is InChI=1S/C15H20ClF3N4O2/c1-9-8-22(5-6-23(9)13(24)25-14(2,3)4)11-10(15(17,18)19)7-20-12(16)21-11/h7,9H,5-6,8H2,1-4H3/t9-/m0/s1. The molecule has 0 aliphatic carbocycles. The molecule has 0 N–H and O–H groups in total. The first kappa shape index (κ1) is 19.6. The summed E-state index contributed by atoms with van der Waals surface area (Å²) in [5, 5.41) is -0.259. The van der Waals surface area contributed by atoms with Crippen molar-refractivity contribution < 1.29 is 22.7 Å². The van der Waals surface area contributed by atoms with Crippen LogP contribution in [0.25, 0.3) is 0 Å². The largest absolute Gasteiger partial charge is 0.444 e. The molecule has 25 heavy (non-hydrogen) atoms. The van der Waals surface area contributed by atoms with Gasteiger partial charge in [0, 0.05) is 31.9 Å². The van der Waals surface area contributed by atoms with E-state index in [0.717, 1.165) is 0 Å². The molecule has 1 aromatic rings. The molecule has 0 bridgehead atoms.